The third-order valence-electron chi connectivity index (χ3n) is 3.69. The van der Waals surface area contributed by atoms with Crippen LogP contribution < -0.4 is 10.5 Å². The number of hydrogen-bond donors (Lipinski definition) is 1. The van der Waals surface area contributed by atoms with Crippen LogP contribution in [0.15, 0.2) is 46.9 Å². The standard InChI is InChI=1S/C18H22BrNO/c1-3-4-5-13-6-8-14(9-7-13)18(20)15-10-11-17(21-2)16(19)12-15/h6-12,18H,3-5,20H2,1-2H3. The molecule has 0 bridgehead atoms. The van der Waals surface area contributed by atoms with E-state index in [0.717, 1.165) is 27.8 Å². The first-order valence-electron chi connectivity index (χ1n) is 7.33. The Labute approximate surface area is 135 Å². The van der Waals surface area contributed by atoms with Crippen molar-refractivity contribution in [3.05, 3.63) is 63.6 Å². The number of nitrogens with two attached hydrogens (primary N) is 1. The summed E-state index contributed by atoms with van der Waals surface area (Å²) in [5.41, 5.74) is 9.95. The van der Waals surface area contributed by atoms with Crippen molar-refractivity contribution in [2.75, 3.05) is 7.11 Å². The molecule has 21 heavy (non-hydrogen) atoms. The number of rotatable bonds is 6. The first-order chi connectivity index (χ1) is 10.2. The van der Waals surface area contributed by atoms with Crippen LogP contribution in [0, 0.1) is 0 Å². The average Bonchev–Trinajstić information content (AvgIpc) is 2.52. The van der Waals surface area contributed by atoms with Crippen LogP contribution in [0.3, 0.4) is 0 Å². The van der Waals surface area contributed by atoms with Gasteiger partial charge in [0.25, 0.3) is 0 Å². The molecule has 0 spiro atoms. The summed E-state index contributed by atoms with van der Waals surface area (Å²) in [6, 6.07) is 14.5. The van der Waals surface area contributed by atoms with Crippen molar-refractivity contribution < 1.29 is 4.74 Å². The van der Waals surface area contributed by atoms with Crippen molar-refractivity contribution in [2.24, 2.45) is 5.73 Å². The zero-order chi connectivity index (χ0) is 15.2. The first-order valence-corrected chi connectivity index (χ1v) is 8.13. The van der Waals surface area contributed by atoms with Crippen molar-refractivity contribution in [3.63, 3.8) is 0 Å². The van der Waals surface area contributed by atoms with Crippen LogP contribution in [0.1, 0.15) is 42.5 Å². The lowest BCUT2D eigenvalue weighted by molar-refractivity contribution is 0.412. The minimum Gasteiger partial charge on any atom is -0.496 e. The Morgan fingerprint density at radius 2 is 1.76 bits per heavy atom. The van der Waals surface area contributed by atoms with Crippen LogP contribution in [-0.4, -0.2) is 7.11 Å². The van der Waals surface area contributed by atoms with E-state index in [4.69, 9.17) is 10.5 Å². The zero-order valence-corrected chi connectivity index (χ0v) is 14.2. The summed E-state index contributed by atoms with van der Waals surface area (Å²) >= 11 is 3.51. The van der Waals surface area contributed by atoms with Gasteiger partial charge in [-0.2, -0.15) is 0 Å². The van der Waals surface area contributed by atoms with E-state index in [1.807, 2.05) is 18.2 Å². The van der Waals surface area contributed by atoms with Gasteiger partial charge in [-0.25, -0.2) is 0 Å². The van der Waals surface area contributed by atoms with Gasteiger partial charge in [0.05, 0.1) is 17.6 Å². The second-order valence-corrected chi connectivity index (χ2v) is 6.07. The van der Waals surface area contributed by atoms with E-state index in [2.05, 4.69) is 47.1 Å². The summed E-state index contributed by atoms with van der Waals surface area (Å²) in [7, 11) is 1.66. The van der Waals surface area contributed by atoms with E-state index in [-0.39, 0.29) is 6.04 Å². The lowest BCUT2D eigenvalue weighted by atomic mass is 9.97. The van der Waals surface area contributed by atoms with E-state index in [1.54, 1.807) is 7.11 Å². The van der Waals surface area contributed by atoms with E-state index >= 15 is 0 Å². The van der Waals surface area contributed by atoms with Gasteiger partial charge in [0.15, 0.2) is 0 Å². The molecule has 0 aromatic heterocycles. The van der Waals surface area contributed by atoms with Gasteiger partial charge >= 0.3 is 0 Å². The van der Waals surface area contributed by atoms with Crippen molar-refractivity contribution >= 4 is 15.9 Å². The normalized spacial score (nSPS) is 12.2. The van der Waals surface area contributed by atoms with Gasteiger partial charge in [0, 0.05) is 0 Å². The lowest BCUT2D eigenvalue weighted by Gasteiger charge is -2.15. The van der Waals surface area contributed by atoms with E-state index in [0.29, 0.717) is 0 Å². The minimum atomic E-state index is -0.118. The maximum absolute atomic E-state index is 6.37. The molecule has 0 aliphatic heterocycles. The Morgan fingerprint density at radius 1 is 1.10 bits per heavy atom. The summed E-state index contributed by atoms with van der Waals surface area (Å²) < 4.78 is 6.18. The second kappa shape index (κ2) is 7.62. The number of benzene rings is 2. The summed E-state index contributed by atoms with van der Waals surface area (Å²) in [6.07, 6.45) is 3.60. The Hall–Kier alpha value is -1.32. The summed E-state index contributed by atoms with van der Waals surface area (Å²) in [5, 5.41) is 0. The SMILES string of the molecule is CCCCc1ccc(C(N)c2ccc(OC)c(Br)c2)cc1. The molecular formula is C18H22BrNO. The van der Waals surface area contributed by atoms with Gasteiger partial charge in [-0.3, -0.25) is 0 Å². The molecule has 0 saturated carbocycles. The third kappa shape index (κ3) is 4.08. The molecule has 0 radical (unpaired) electrons. The fraction of sp³-hybridized carbons (Fsp3) is 0.333. The molecule has 2 rings (SSSR count). The quantitative estimate of drug-likeness (QED) is 0.810. The fourth-order valence-electron chi connectivity index (χ4n) is 2.34. The van der Waals surface area contributed by atoms with Crippen LogP contribution >= 0.6 is 15.9 Å². The Bertz CT molecular complexity index is 580. The molecule has 0 saturated heterocycles. The summed E-state index contributed by atoms with van der Waals surface area (Å²) in [4.78, 5) is 0. The van der Waals surface area contributed by atoms with Gasteiger partial charge in [0.2, 0.25) is 0 Å². The summed E-state index contributed by atoms with van der Waals surface area (Å²) in [5.74, 6) is 0.820. The maximum Gasteiger partial charge on any atom is 0.133 e. The van der Waals surface area contributed by atoms with Crippen molar-refractivity contribution in [1.82, 2.24) is 0 Å². The molecule has 2 N–H and O–H groups in total. The molecule has 0 amide bonds. The molecule has 1 atom stereocenters. The smallest absolute Gasteiger partial charge is 0.133 e. The van der Waals surface area contributed by atoms with Gasteiger partial charge < -0.3 is 10.5 Å². The third-order valence-corrected chi connectivity index (χ3v) is 4.31. The highest BCUT2D eigenvalue weighted by molar-refractivity contribution is 9.10. The molecule has 3 heteroatoms. The predicted molar refractivity (Wildman–Crippen MR) is 91.8 cm³/mol. The van der Waals surface area contributed by atoms with Crippen LogP contribution in [-0.2, 0) is 6.42 Å². The molecule has 2 aromatic carbocycles. The van der Waals surface area contributed by atoms with Gasteiger partial charge in [-0.1, -0.05) is 43.7 Å². The predicted octanol–water partition coefficient (Wildman–Crippen LogP) is 4.85. The first kappa shape index (κ1) is 16.1. The number of halogens is 1. The number of hydrogen-bond acceptors (Lipinski definition) is 2. The number of ether oxygens (including phenoxy) is 1. The van der Waals surface area contributed by atoms with E-state index in [1.165, 1.54) is 18.4 Å². The molecule has 112 valence electrons. The van der Waals surface area contributed by atoms with E-state index in [9.17, 15) is 0 Å². The van der Waals surface area contributed by atoms with Crippen molar-refractivity contribution in [3.8, 4) is 5.75 Å². The topological polar surface area (TPSA) is 35.2 Å². The van der Waals surface area contributed by atoms with Crippen LogP contribution in [0.4, 0.5) is 0 Å². The molecular weight excluding hydrogens is 326 g/mol. The Morgan fingerprint density at radius 3 is 2.33 bits per heavy atom. The molecule has 2 nitrogen and oxygen atoms in total. The van der Waals surface area contributed by atoms with Gasteiger partial charge in [0.1, 0.15) is 5.75 Å². The minimum absolute atomic E-state index is 0.118. The molecule has 1 unspecified atom stereocenters. The number of methoxy groups -OCH3 is 1. The lowest BCUT2D eigenvalue weighted by Crippen LogP contribution is -2.11. The molecule has 2 aromatic rings. The van der Waals surface area contributed by atoms with Crippen LogP contribution in [0.5, 0.6) is 5.75 Å². The molecule has 0 aliphatic carbocycles. The summed E-state index contributed by atoms with van der Waals surface area (Å²) in [6.45, 7) is 2.21. The fourth-order valence-corrected chi connectivity index (χ4v) is 2.90. The largest absolute Gasteiger partial charge is 0.496 e. The van der Waals surface area contributed by atoms with Crippen molar-refractivity contribution in [2.45, 2.75) is 32.2 Å². The number of unbranched alkanes of at least 4 members (excludes halogenated alkanes) is 1. The number of aryl methyl sites for hydroxylation is 1. The van der Waals surface area contributed by atoms with Crippen molar-refractivity contribution in [1.29, 1.82) is 0 Å². The van der Waals surface area contributed by atoms with Crippen LogP contribution in [0.25, 0.3) is 0 Å². The highest BCUT2D eigenvalue weighted by Gasteiger charge is 2.11. The Kier molecular flexibility index (Phi) is 5.83. The zero-order valence-electron chi connectivity index (χ0n) is 12.6. The molecule has 0 fully saturated rings. The van der Waals surface area contributed by atoms with Gasteiger partial charge in [-0.05, 0) is 57.6 Å². The monoisotopic (exact) mass is 347 g/mol. The second-order valence-electron chi connectivity index (χ2n) is 5.22. The highest BCUT2D eigenvalue weighted by Crippen LogP contribution is 2.29. The average molecular weight is 348 g/mol. The molecule has 0 aliphatic rings. The van der Waals surface area contributed by atoms with Gasteiger partial charge in [-0.15, -0.1) is 0 Å². The Balaban J connectivity index is 2.15. The van der Waals surface area contributed by atoms with E-state index < -0.39 is 0 Å². The maximum atomic E-state index is 6.37. The highest BCUT2D eigenvalue weighted by atomic mass is 79.9. The van der Waals surface area contributed by atoms with Crippen LogP contribution in [0.2, 0.25) is 0 Å². The molecule has 0 heterocycles.